The zero-order chi connectivity index (χ0) is 23.5. The van der Waals surface area contributed by atoms with Crippen molar-refractivity contribution in [2.75, 3.05) is 6.61 Å². The van der Waals surface area contributed by atoms with E-state index in [2.05, 4.69) is 13.8 Å². The van der Waals surface area contributed by atoms with Crippen molar-refractivity contribution in [2.24, 2.45) is 11.8 Å². The highest BCUT2D eigenvalue weighted by molar-refractivity contribution is 5.65. The Kier molecular flexibility index (Phi) is 10.7. The van der Waals surface area contributed by atoms with Crippen molar-refractivity contribution in [3.8, 4) is 16.9 Å². The maximum Gasteiger partial charge on any atom is 0.166 e. The van der Waals surface area contributed by atoms with E-state index in [1.54, 1.807) is 12.1 Å². The minimum Gasteiger partial charge on any atom is -0.494 e. The fourth-order valence-electron chi connectivity index (χ4n) is 5.13. The lowest BCUT2D eigenvalue weighted by Gasteiger charge is -2.28. The number of benzene rings is 2. The highest BCUT2D eigenvalue weighted by Crippen LogP contribution is 2.35. The van der Waals surface area contributed by atoms with Crippen LogP contribution in [0.5, 0.6) is 5.75 Å². The number of ether oxygens (including phenoxy) is 1. The van der Waals surface area contributed by atoms with E-state index in [9.17, 15) is 8.78 Å². The normalized spacial score (nSPS) is 18.4. The van der Waals surface area contributed by atoms with Gasteiger partial charge in [-0.15, -0.1) is 0 Å². The summed E-state index contributed by atoms with van der Waals surface area (Å²) in [6.45, 7) is 5.10. The smallest absolute Gasteiger partial charge is 0.166 e. The average molecular weight is 457 g/mol. The van der Waals surface area contributed by atoms with Crippen molar-refractivity contribution in [1.29, 1.82) is 0 Å². The summed E-state index contributed by atoms with van der Waals surface area (Å²) >= 11 is 0. The largest absolute Gasteiger partial charge is 0.494 e. The molecule has 0 N–H and O–H groups in total. The molecule has 0 aromatic heterocycles. The van der Waals surface area contributed by atoms with Gasteiger partial charge in [-0.1, -0.05) is 102 Å². The Morgan fingerprint density at radius 2 is 1.36 bits per heavy atom. The van der Waals surface area contributed by atoms with Crippen LogP contribution in [0.1, 0.15) is 96.5 Å². The molecule has 182 valence electrons. The first-order valence-corrected chi connectivity index (χ1v) is 13.3. The van der Waals surface area contributed by atoms with E-state index in [0.29, 0.717) is 35.6 Å². The summed E-state index contributed by atoms with van der Waals surface area (Å²) in [4.78, 5) is 0. The molecule has 1 fully saturated rings. The van der Waals surface area contributed by atoms with Crippen LogP contribution in [0.15, 0.2) is 36.4 Å². The van der Waals surface area contributed by atoms with Crippen LogP contribution in [0, 0.1) is 23.5 Å². The van der Waals surface area contributed by atoms with Crippen LogP contribution in [0.25, 0.3) is 11.1 Å². The fraction of sp³-hybridized carbons (Fsp3) is 0.600. The SMILES string of the molecule is CCCCCOc1ccc(-c2ccc(CCC3CCC(CCCCC)CC3)c(F)c2F)cc1. The third kappa shape index (κ3) is 7.83. The molecule has 3 heteroatoms. The van der Waals surface area contributed by atoms with Crippen LogP contribution < -0.4 is 4.74 Å². The van der Waals surface area contributed by atoms with E-state index in [0.717, 1.165) is 37.4 Å². The molecule has 0 atom stereocenters. The van der Waals surface area contributed by atoms with Crippen molar-refractivity contribution in [3.63, 3.8) is 0 Å². The molecule has 0 spiro atoms. The van der Waals surface area contributed by atoms with Gasteiger partial charge in [-0.3, -0.25) is 0 Å². The van der Waals surface area contributed by atoms with Crippen molar-refractivity contribution in [3.05, 3.63) is 53.6 Å². The van der Waals surface area contributed by atoms with Crippen LogP contribution >= 0.6 is 0 Å². The van der Waals surface area contributed by atoms with Crippen LogP contribution in [0.4, 0.5) is 8.78 Å². The van der Waals surface area contributed by atoms with Gasteiger partial charge in [-0.05, 0) is 54.4 Å². The molecule has 2 aromatic carbocycles. The lowest BCUT2D eigenvalue weighted by atomic mass is 9.77. The minimum absolute atomic E-state index is 0.321. The predicted molar refractivity (Wildman–Crippen MR) is 135 cm³/mol. The van der Waals surface area contributed by atoms with E-state index >= 15 is 0 Å². The van der Waals surface area contributed by atoms with Crippen molar-refractivity contribution >= 4 is 0 Å². The highest BCUT2D eigenvalue weighted by atomic mass is 19.2. The summed E-state index contributed by atoms with van der Waals surface area (Å²) in [5.74, 6) is 0.894. The van der Waals surface area contributed by atoms with Gasteiger partial charge in [0.15, 0.2) is 11.6 Å². The zero-order valence-electron chi connectivity index (χ0n) is 20.7. The second kappa shape index (κ2) is 13.7. The van der Waals surface area contributed by atoms with Gasteiger partial charge >= 0.3 is 0 Å². The zero-order valence-corrected chi connectivity index (χ0v) is 20.7. The number of halogens is 2. The number of hydrogen-bond donors (Lipinski definition) is 0. The molecule has 0 radical (unpaired) electrons. The van der Waals surface area contributed by atoms with Crippen molar-refractivity contribution in [2.45, 2.75) is 97.3 Å². The summed E-state index contributed by atoms with van der Waals surface area (Å²) < 4.78 is 35.5. The Hall–Kier alpha value is -1.90. The molecule has 0 heterocycles. The molecule has 3 rings (SSSR count). The quantitative estimate of drug-likeness (QED) is 0.273. The molecule has 2 aromatic rings. The number of rotatable bonds is 13. The standard InChI is InChI=1S/C30H42F2O/c1-3-5-7-9-23-10-12-24(13-11-23)14-15-26-18-21-28(30(32)29(26)31)25-16-19-27(20-17-25)33-22-8-6-4-2/h16-21,23-24H,3-15,22H2,1-2H3. The Balaban J connectivity index is 1.51. The first kappa shape index (κ1) is 25.7. The van der Waals surface area contributed by atoms with Gasteiger partial charge in [0, 0.05) is 5.56 Å². The van der Waals surface area contributed by atoms with E-state index < -0.39 is 11.6 Å². The predicted octanol–water partition coefficient (Wildman–Crippen LogP) is 9.52. The van der Waals surface area contributed by atoms with Crippen LogP contribution in [-0.4, -0.2) is 6.61 Å². The highest BCUT2D eigenvalue weighted by Gasteiger charge is 2.22. The summed E-state index contributed by atoms with van der Waals surface area (Å²) in [7, 11) is 0. The lowest BCUT2D eigenvalue weighted by molar-refractivity contribution is 0.248. The van der Waals surface area contributed by atoms with Gasteiger partial charge in [0.05, 0.1) is 6.61 Å². The summed E-state index contributed by atoms with van der Waals surface area (Å²) in [5, 5.41) is 0. The molecule has 0 aliphatic heterocycles. The molecule has 0 bridgehead atoms. The second-order valence-electron chi connectivity index (χ2n) is 9.90. The first-order chi connectivity index (χ1) is 16.1. The molecular weight excluding hydrogens is 414 g/mol. The summed E-state index contributed by atoms with van der Waals surface area (Å²) in [5.41, 5.74) is 1.51. The molecular formula is C30H42F2O. The van der Waals surface area contributed by atoms with Crippen LogP contribution in [-0.2, 0) is 6.42 Å². The topological polar surface area (TPSA) is 9.23 Å². The number of hydrogen-bond acceptors (Lipinski definition) is 1. The maximum atomic E-state index is 14.9. The van der Waals surface area contributed by atoms with Crippen LogP contribution in [0.3, 0.4) is 0 Å². The molecule has 1 aliphatic rings. The minimum atomic E-state index is -0.733. The van der Waals surface area contributed by atoms with Crippen molar-refractivity contribution in [1.82, 2.24) is 0 Å². The van der Waals surface area contributed by atoms with Gasteiger partial charge in [-0.25, -0.2) is 8.78 Å². The monoisotopic (exact) mass is 456 g/mol. The Morgan fingerprint density at radius 1 is 0.727 bits per heavy atom. The summed E-state index contributed by atoms with van der Waals surface area (Å²) in [6, 6.07) is 10.8. The molecule has 0 saturated heterocycles. The lowest BCUT2D eigenvalue weighted by Crippen LogP contribution is -2.15. The number of aryl methyl sites for hydroxylation is 1. The van der Waals surface area contributed by atoms with E-state index in [-0.39, 0.29) is 0 Å². The van der Waals surface area contributed by atoms with Gasteiger partial charge in [0.1, 0.15) is 5.75 Å². The van der Waals surface area contributed by atoms with E-state index in [1.807, 2.05) is 24.3 Å². The maximum absolute atomic E-state index is 14.9. The van der Waals surface area contributed by atoms with Gasteiger partial charge in [-0.2, -0.15) is 0 Å². The Labute approximate surface area is 199 Å². The third-order valence-corrected chi connectivity index (χ3v) is 7.35. The molecule has 0 amide bonds. The molecule has 1 aliphatic carbocycles. The number of unbranched alkanes of at least 4 members (excludes halogenated alkanes) is 4. The molecule has 1 saturated carbocycles. The summed E-state index contributed by atoms with van der Waals surface area (Å²) in [6.07, 6.45) is 15.4. The van der Waals surface area contributed by atoms with E-state index in [4.69, 9.17) is 4.74 Å². The molecule has 0 unspecified atom stereocenters. The van der Waals surface area contributed by atoms with Gasteiger partial charge in [0.25, 0.3) is 0 Å². The van der Waals surface area contributed by atoms with Crippen molar-refractivity contribution < 1.29 is 13.5 Å². The first-order valence-electron chi connectivity index (χ1n) is 13.3. The third-order valence-electron chi connectivity index (χ3n) is 7.35. The van der Waals surface area contributed by atoms with E-state index in [1.165, 1.54) is 51.4 Å². The molecule has 1 nitrogen and oxygen atoms in total. The average Bonchev–Trinajstić information content (AvgIpc) is 2.84. The van der Waals surface area contributed by atoms with Gasteiger partial charge < -0.3 is 4.74 Å². The fourth-order valence-corrected chi connectivity index (χ4v) is 5.13. The van der Waals surface area contributed by atoms with Crippen LogP contribution in [0.2, 0.25) is 0 Å². The Morgan fingerprint density at radius 3 is 2.03 bits per heavy atom. The molecule has 33 heavy (non-hydrogen) atoms. The van der Waals surface area contributed by atoms with Gasteiger partial charge in [0.2, 0.25) is 0 Å². The second-order valence-corrected chi connectivity index (χ2v) is 9.90. The Bertz CT molecular complexity index is 822.